The van der Waals surface area contributed by atoms with E-state index in [-0.39, 0.29) is 31.6 Å². The fourth-order valence-corrected chi connectivity index (χ4v) is 3.84. The molecule has 1 N–H and O–H groups in total. The van der Waals surface area contributed by atoms with Gasteiger partial charge in [0.1, 0.15) is 5.60 Å². The van der Waals surface area contributed by atoms with Gasteiger partial charge in [-0.15, -0.1) is 0 Å². The molecular weight excluding hydrogens is 416 g/mol. The van der Waals surface area contributed by atoms with Crippen molar-refractivity contribution in [3.8, 4) is 0 Å². The minimum Gasteiger partial charge on any atom is -0.458 e. The molecule has 2 aliphatic rings. The van der Waals surface area contributed by atoms with E-state index in [1.807, 2.05) is 6.07 Å². The third kappa shape index (κ3) is 5.85. The number of benzene rings is 1. The highest BCUT2D eigenvalue weighted by Crippen LogP contribution is 2.23. The Morgan fingerprint density at radius 2 is 2.03 bits per heavy atom. The van der Waals surface area contributed by atoms with Crippen molar-refractivity contribution in [2.75, 3.05) is 38.3 Å². The van der Waals surface area contributed by atoms with Gasteiger partial charge in [0.25, 0.3) is 5.91 Å². The van der Waals surface area contributed by atoms with Crippen molar-refractivity contribution >= 4 is 23.5 Å². The number of methoxy groups -OCH3 is 1. The minimum absolute atomic E-state index is 0.00762. The van der Waals surface area contributed by atoms with Gasteiger partial charge in [-0.3, -0.25) is 9.59 Å². The highest BCUT2D eigenvalue weighted by atomic mass is 16.6. The first-order valence-corrected chi connectivity index (χ1v) is 10.8. The Hall–Kier alpha value is -2.49. The number of nitrogens with zero attached hydrogens (tertiary/aromatic N) is 2. The van der Waals surface area contributed by atoms with Crippen LogP contribution in [0.5, 0.6) is 0 Å². The maximum Gasteiger partial charge on any atom is 0.338 e. The normalized spacial score (nSPS) is 22.7. The zero-order chi connectivity index (χ0) is 23.5. The maximum atomic E-state index is 13.0. The van der Waals surface area contributed by atoms with Crippen LogP contribution >= 0.6 is 0 Å². The fraction of sp³-hybridized carbons (Fsp3) is 0.609. The van der Waals surface area contributed by atoms with Crippen LogP contribution in [0, 0.1) is 0 Å². The van der Waals surface area contributed by atoms with Crippen molar-refractivity contribution in [3.05, 3.63) is 29.8 Å². The molecule has 2 amide bonds. The fourth-order valence-electron chi connectivity index (χ4n) is 3.84. The molecule has 3 rings (SSSR count). The van der Waals surface area contributed by atoms with Crippen LogP contribution in [0.3, 0.4) is 0 Å². The van der Waals surface area contributed by atoms with Crippen molar-refractivity contribution in [2.24, 2.45) is 0 Å². The van der Waals surface area contributed by atoms with Crippen LogP contribution in [-0.2, 0) is 35.0 Å². The summed E-state index contributed by atoms with van der Waals surface area (Å²) < 4.78 is 15.9. The number of likely N-dealkylation sites (tertiary alicyclic amines) is 1. The van der Waals surface area contributed by atoms with E-state index in [0.717, 1.165) is 12.0 Å². The first-order valence-electron chi connectivity index (χ1n) is 10.8. The molecule has 1 aromatic rings. The summed E-state index contributed by atoms with van der Waals surface area (Å²) in [5.74, 6) is -1.43. The van der Waals surface area contributed by atoms with Gasteiger partial charge in [-0.05, 0) is 44.9 Å². The van der Waals surface area contributed by atoms with Gasteiger partial charge in [0.15, 0.2) is 12.2 Å². The second kappa shape index (κ2) is 9.97. The molecular formula is C23H32N2O7. The SMILES string of the molecule is CO[C@H]1CCN(C(=O)Cc2cccc(N3CCO[C@H]([C@@H](O)C(=O)OC(C)(C)C)C3=O)c2)C1. The Kier molecular flexibility index (Phi) is 7.53. The number of hydrogen-bond acceptors (Lipinski definition) is 7. The lowest BCUT2D eigenvalue weighted by atomic mass is 10.1. The van der Waals surface area contributed by atoms with Crippen LogP contribution in [0.2, 0.25) is 0 Å². The quantitative estimate of drug-likeness (QED) is 0.645. The van der Waals surface area contributed by atoms with Crippen molar-refractivity contribution in [1.29, 1.82) is 0 Å². The molecule has 2 fully saturated rings. The number of amides is 2. The number of ether oxygens (including phenoxy) is 3. The van der Waals surface area contributed by atoms with Crippen LogP contribution in [0.4, 0.5) is 5.69 Å². The first-order chi connectivity index (χ1) is 15.1. The number of carbonyl (C=O) groups is 3. The summed E-state index contributed by atoms with van der Waals surface area (Å²) in [5, 5.41) is 10.4. The second-order valence-corrected chi connectivity index (χ2v) is 9.09. The second-order valence-electron chi connectivity index (χ2n) is 9.09. The van der Waals surface area contributed by atoms with E-state index < -0.39 is 29.7 Å². The highest BCUT2D eigenvalue weighted by Gasteiger charge is 2.41. The van der Waals surface area contributed by atoms with Crippen LogP contribution in [-0.4, -0.2) is 85.1 Å². The number of rotatable bonds is 6. The van der Waals surface area contributed by atoms with E-state index >= 15 is 0 Å². The van der Waals surface area contributed by atoms with E-state index in [2.05, 4.69) is 0 Å². The molecule has 2 aliphatic heterocycles. The largest absolute Gasteiger partial charge is 0.458 e. The van der Waals surface area contributed by atoms with Crippen molar-refractivity contribution in [1.82, 2.24) is 4.90 Å². The molecule has 2 heterocycles. The number of morpholine rings is 1. The molecule has 0 radical (unpaired) electrons. The molecule has 9 nitrogen and oxygen atoms in total. The lowest BCUT2D eigenvalue weighted by Crippen LogP contribution is -2.55. The average Bonchev–Trinajstić information content (AvgIpc) is 3.22. The molecule has 1 aromatic carbocycles. The van der Waals surface area contributed by atoms with Crippen LogP contribution < -0.4 is 4.90 Å². The minimum atomic E-state index is -1.72. The van der Waals surface area contributed by atoms with E-state index in [0.29, 0.717) is 18.8 Å². The van der Waals surface area contributed by atoms with E-state index in [9.17, 15) is 19.5 Å². The maximum absolute atomic E-state index is 13.0. The summed E-state index contributed by atoms with van der Waals surface area (Å²) in [6.45, 7) is 6.72. The third-order valence-corrected chi connectivity index (χ3v) is 5.47. The van der Waals surface area contributed by atoms with Gasteiger partial charge in [-0.2, -0.15) is 0 Å². The highest BCUT2D eigenvalue weighted by molar-refractivity contribution is 6.00. The topological polar surface area (TPSA) is 106 Å². The van der Waals surface area contributed by atoms with Crippen molar-refractivity contribution in [3.63, 3.8) is 0 Å². The Balaban J connectivity index is 1.68. The predicted molar refractivity (Wildman–Crippen MR) is 116 cm³/mol. The molecule has 0 spiro atoms. The standard InChI is InChI=1S/C23H32N2O7/c1-23(2,3)32-22(29)19(27)20-21(28)25(10-11-31-20)16-7-5-6-15(12-16)13-18(26)24-9-8-17(14-24)30-4/h5-7,12,17,19-20,27H,8-11,13-14H2,1-4H3/t17-,19+,20+/m0/s1. The summed E-state index contributed by atoms with van der Waals surface area (Å²) in [4.78, 5) is 41.1. The summed E-state index contributed by atoms with van der Waals surface area (Å²) in [6.07, 6.45) is -1.96. The molecule has 2 saturated heterocycles. The predicted octanol–water partition coefficient (Wildman–Crippen LogP) is 0.911. The van der Waals surface area contributed by atoms with Crippen LogP contribution in [0.15, 0.2) is 24.3 Å². The first kappa shape index (κ1) is 24.2. The lowest BCUT2D eigenvalue weighted by Gasteiger charge is -2.34. The zero-order valence-electron chi connectivity index (χ0n) is 19.1. The Morgan fingerprint density at radius 3 is 2.69 bits per heavy atom. The Morgan fingerprint density at radius 1 is 1.28 bits per heavy atom. The van der Waals surface area contributed by atoms with E-state index in [1.165, 1.54) is 4.90 Å². The zero-order valence-corrected chi connectivity index (χ0v) is 19.1. The van der Waals surface area contributed by atoms with Gasteiger partial charge < -0.3 is 29.1 Å². The number of aliphatic hydroxyl groups excluding tert-OH is 1. The third-order valence-electron chi connectivity index (χ3n) is 5.47. The van der Waals surface area contributed by atoms with Gasteiger partial charge in [0.05, 0.1) is 19.1 Å². The van der Waals surface area contributed by atoms with Crippen molar-refractivity contribution < 1.29 is 33.7 Å². The van der Waals surface area contributed by atoms with Gasteiger partial charge >= 0.3 is 5.97 Å². The molecule has 176 valence electrons. The summed E-state index contributed by atoms with van der Waals surface area (Å²) >= 11 is 0. The number of carbonyl (C=O) groups excluding carboxylic acids is 3. The summed E-state index contributed by atoms with van der Waals surface area (Å²) in [6, 6.07) is 7.15. The van der Waals surface area contributed by atoms with Gasteiger partial charge in [-0.1, -0.05) is 12.1 Å². The number of hydrogen-bond donors (Lipinski definition) is 1. The Bertz CT molecular complexity index is 851. The molecule has 0 aliphatic carbocycles. The molecule has 9 heteroatoms. The monoisotopic (exact) mass is 448 g/mol. The summed E-state index contributed by atoms with van der Waals surface area (Å²) in [7, 11) is 1.65. The van der Waals surface area contributed by atoms with E-state index in [4.69, 9.17) is 14.2 Å². The van der Waals surface area contributed by atoms with Crippen molar-refractivity contribution in [2.45, 2.75) is 57.5 Å². The van der Waals surface area contributed by atoms with Gasteiger partial charge in [0.2, 0.25) is 5.91 Å². The molecule has 0 aromatic heterocycles. The smallest absolute Gasteiger partial charge is 0.338 e. The number of aliphatic hydroxyl groups is 1. The number of esters is 1. The average molecular weight is 449 g/mol. The molecule has 32 heavy (non-hydrogen) atoms. The Labute approximate surface area is 188 Å². The van der Waals surface area contributed by atoms with Crippen LogP contribution in [0.1, 0.15) is 32.8 Å². The molecule has 0 bridgehead atoms. The molecule has 0 saturated carbocycles. The number of anilines is 1. The van der Waals surface area contributed by atoms with Gasteiger partial charge in [0, 0.05) is 32.4 Å². The van der Waals surface area contributed by atoms with Gasteiger partial charge in [-0.25, -0.2) is 4.79 Å². The van der Waals surface area contributed by atoms with E-state index in [1.54, 1.807) is 51.0 Å². The summed E-state index contributed by atoms with van der Waals surface area (Å²) in [5.41, 5.74) is 0.563. The molecule has 3 atom stereocenters. The molecule has 0 unspecified atom stereocenters. The lowest BCUT2D eigenvalue weighted by molar-refractivity contribution is -0.177. The van der Waals surface area contributed by atoms with Crippen LogP contribution in [0.25, 0.3) is 0 Å².